The first kappa shape index (κ1) is 13.1. The second-order valence-electron chi connectivity index (χ2n) is 4.31. The van der Waals surface area contributed by atoms with Crippen LogP contribution in [0.3, 0.4) is 0 Å². The minimum atomic E-state index is -4.38. The van der Waals surface area contributed by atoms with Crippen LogP contribution < -0.4 is 0 Å². The van der Waals surface area contributed by atoms with Gasteiger partial charge in [-0.05, 0) is 18.3 Å². The van der Waals surface area contributed by atoms with Gasteiger partial charge in [0.15, 0.2) is 5.69 Å². The van der Waals surface area contributed by atoms with Crippen molar-refractivity contribution in [2.75, 3.05) is 0 Å². The van der Waals surface area contributed by atoms with Crippen LogP contribution in [-0.4, -0.2) is 10.2 Å². The molecule has 0 aliphatic carbocycles. The number of alkyl halides is 3. The Balaban J connectivity index is 3.16. The van der Waals surface area contributed by atoms with Crippen molar-refractivity contribution in [2.24, 2.45) is 0 Å². The third-order valence-corrected chi connectivity index (χ3v) is 3.14. The zero-order valence-electron chi connectivity index (χ0n) is 9.78. The van der Waals surface area contributed by atoms with E-state index in [0.717, 1.165) is 12.8 Å². The van der Waals surface area contributed by atoms with Crippen molar-refractivity contribution in [2.45, 2.75) is 51.6 Å². The van der Waals surface area contributed by atoms with E-state index in [4.69, 9.17) is 0 Å². The van der Waals surface area contributed by atoms with E-state index in [1.807, 2.05) is 20.8 Å². The second kappa shape index (κ2) is 4.47. The van der Waals surface area contributed by atoms with E-state index in [1.165, 1.54) is 6.20 Å². The lowest BCUT2D eigenvalue weighted by molar-refractivity contribution is -0.142. The van der Waals surface area contributed by atoms with Crippen LogP contribution in [0, 0.1) is 0 Å². The molecule has 0 saturated heterocycles. The molecule has 1 heterocycles. The van der Waals surface area contributed by atoms with Gasteiger partial charge in [0.1, 0.15) is 0 Å². The van der Waals surface area contributed by atoms with Crippen LogP contribution in [0.2, 0.25) is 0 Å². The van der Waals surface area contributed by atoms with Crippen LogP contribution in [0.4, 0.5) is 13.2 Å². The molecule has 1 atom stereocenters. The molecule has 0 amide bonds. The van der Waals surface area contributed by atoms with E-state index in [-0.39, 0.29) is 5.56 Å². The van der Waals surface area contributed by atoms with Crippen LogP contribution in [0.15, 0.2) is 6.20 Å². The third-order valence-electron chi connectivity index (χ3n) is 3.14. The molecule has 0 fully saturated rings. The Morgan fingerprint density at radius 2 is 1.94 bits per heavy atom. The highest BCUT2D eigenvalue weighted by Gasteiger charge is 2.41. The van der Waals surface area contributed by atoms with E-state index in [0.29, 0.717) is 6.42 Å². The standard InChI is InChI=1S/C11H17F3N2/c1-4-6-10(3,5-2)8-7-15-16-9(8)11(12,13)14/h7H,4-6H2,1-3H3,(H,15,16). The molecule has 1 N–H and O–H groups in total. The van der Waals surface area contributed by atoms with Crippen molar-refractivity contribution in [1.82, 2.24) is 10.2 Å². The lowest BCUT2D eigenvalue weighted by atomic mass is 9.76. The van der Waals surface area contributed by atoms with Gasteiger partial charge in [-0.25, -0.2) is 0 Å². The number of halogens is 3. The molecule has 2 nitrogen and oxygen atoms in total. The van der Waals surface area contributed by atoms with Gasteiger partial charge in [-0.2, -0.15) is 18.3 Å². The van der Waals surface area contributed by atoms with Gasteiger partial charge < -0.3 is 0 Å². The highest BCUT2D eigenvalue weighted by Crippen LogP contribution is 2.39. The third kappa shape index (κ3) is 2.39. The Kier molecular flexibility index (Phi) is 3.65. The maximum absolute atomic E-state index is 12.7. The largest absolute Gasteiger partial charge is 0.435 e. The zero-order chi connectivity index (χ0) is 12.4. The fraction of sp³-hybridized carbons (Fsp3) is 0.727. The summed E-state index contributed by atoms with van der Waals surface area (Å²) in [6.07, 6.45) is -0.746. The number of nitrogens with zero attached hydrogens (tertiary/aromatic N) is 1. The fourth-order valence-electron chi connectivity index (χ4n) is 2.02. The quantitative estimate of drug-likeness (QED) is 0.841. The van der Waals surface area contributed by atoms with Gasteiger partial charge in [-0.15, -0.1) is 0 Å². The van der Waals surface area contributed by atoms with Crippen LogP contribution in [0.25, 0.3) is 0 Å². The van der Waals surface area contributed by atoms with E-state index in [1.54, 1.807) is 0 Å². The lowest BCUT2D eigenvalue weighted by Crippen LogP contribution is -2.24. The molecule has 0 saturated carbocycles. The minimum absolute atomic E-state index is 0.282. The van der Waals surface area contributed by atoms with Crippen molar-refractivity contribution < 1.29 is 13.2 Å². The topological polar surface area (TPSA) is 28.7 Å². The first-order valence-electron chi connectivity index (χ1n) is 5.46. The fourth-order valence-corrected chi connectivity index (χ4v) is 2.02. The molecule has 0 aliphatic rings. The van der Waals surface area contributed by atoms with E-state index in [9.17, 15) is 13.2 Å². The Morgan fingerprint density at radius 3 is 2.38 bits per heavy atom. The summed E-state index contributed by atoms with van der Waals surface area (Å²) in [5.74, 6) is 0. The number of aromatic nitrogens is 2. The summed E-state index contributed by atoms with van der Waals surface area (Å²) < 4.78 is 38.1. The van der Waals surface area contributed by atoms with Crippen molar-refractivity contribution in [3.63, 3.8) is 0 Å². The van der Waals surface area contributed by atoms with Crippen molar-refractivity contribution in [3.05, 3.63) is 17.5 Å². The molecular weight excluding hydrogens is 217 g/mol. The molecule has 1 unspecified atom stereocenters. The van der Waals surface area contributed by atoms with Crippen molar-refractivity contribution in [3.8, 4) is 0 Å². The average molecular weight is 234 g/mol. The highest BCUT2D eigenvalue weighted by atomic mass is 19.4. The summed E-state index contributed by atoms with van der Waals surface area (Å²) in [5, 5.41) is 5.67. The lowest BCUT2D eigenvalue weighted by Gasteiger charge is -2.28. The predicted octanol–water partition coefficient (Wildman–Crippen LogP) is 3.90. The van der Waals surface area contributed by atoms with Crippen LogP contribution in [0.5, 0.6) is 0 Å². The summed E-state index contributed by atoms with van der Waals surface area (Å²) >= 11 is 0. The molecule has 1 aromatic heterocycles. The van der Waals surface area contributed by atoms with Gasteiger partial charge in [0, 0.05) is 11.8 Å². The van der Waals surface area contributed by atoms with Crippen molar-refractivity contribution >= 4 is 0 Å². The molecule has 0 spiro atoms. The summed E-state index contributed by atoms with van der Waals surface area (Å²) in [6.45, 7) is 5.74. The van der Waals surface area contributed by atoms with Gasteiger partial charge >= 0.3 is 6.18 Å². The number of hydrogen-bond donors (Lipinski definition) is 1. The number of H-pyrrole nitrogens is 1. The van der Waals surface area contributed by atoms with E-state index >= 15 is 0 Å². The Labute approximate surface area is 93.2 Å². The molecule has 1 aromatic rings. The maximum Gasteiger partial charge on any atom is 0.435 e. The van der Waals surface area contributed by atoms with E-state index in [2.05, 4.69) is 10.2 Å². The number of hydrogen-bond acceptors (Lipinski definition) is 1. The van der Waals surface area contributed by atoms with Gasteiger partial charge in [-0.3, -0.25) is 5.10 Å². The molecule has 5 heteroatoms. The van der Waals surface area contributed by atoms with Crippen LogP contribution in [-0.2, 0) is 11.6 Å². The molecule has 0 aromatic carbocycles. The summed E-state index contributed by atoms with van der Waals surface area (Å²) in [5.41, 5.74) is -0.943. The summed E-state index contributed by atoms with van der Waals surface area (Å²) in [6, 6.07) is 0. The first-order valence-corrected chi connectivity index (χ1v) is 5.46. The smallest absolute Gasteiger partial charge is 0.285 e. The van der Waals surface area contributed by atoms with Gasteiger partial charge in [0.05, 0.1) is 0 Å². The van der Waals surface area contributed by atoms with Crippen LogP contribution >= 0.6 is 0 Å². The Hall–Kier alpha value is -1.00. The second-order valence-corrected chi connectivity index (χ2v) is 4.31. The van der Waals surface area contributed by atoms with Gasteiger partial charge in [0.2, 0.25) is 0 Å². The normalized spacial score (nSPS) is 16.1. The molecular formula is C11H17F3N2. The molecule has 0 aliphatic heterocycles. The molecule has 92 valence electrons. The molecule has 1 rings (SSSR count). The minimum Gasteiger partial charge on any atom is -0.285 e. The van der Waals surface area contributed by atoms with Crippen LogP contribution in [0.1, 0.15) is 51.3 Å². The number of rotatable bonds is 4. The SMILES string of the molecule is CCCC(C)(CC)c1c[nH]nc1C(F)(F)F. The van der Waals surface area contributed by atoms with Crippen molar-refractivity contribution in [1.29, 1.82) is 0 Å². The zero-order valence-corrected chi connectivity index (χ0v) is 9.78. The Morgan fingerprint density at radius 1 is 1.31 bits per heavy atom. The molecule has 0 bridgehead atoms. The van der Waals surface area contributed by atoms with Gasteiger partial charge in [-0.1, -0.05) is 27.2 Å². The predicted molar refractivity (Wildman–Crippen MR) is 56.1 cm³/mol. The maximum atomic E-state index is 12.7. The summed E-state index contributed by atoms with van der Waals surface area (Å²) in [7, 11) is 0. The monoisotopic (exact) mass is 234 g/mol. The summed E-state index contributed by atoms with van der Waals surface area (Å²) in [4.78, 5) is 0. The molecule has 16 heavy (non-hydrogen) atoms. The number of aromatic amines is 1. The first-order chi connectivity index (χ1) is 7.35. The van der Waals surface area contributed by atoms with E-state index < -0.39 is 17.3 Å². The van der Waals surface area contributed by atoms with Gasteiger partial charge in [0.25, 0.3) is 0 Å². The Bertz CT molecular complexity index is 343. The number of nitrogens with one attached hydrogen (secondary N) is 1. The average Bonchev–Trinajstić information content (AvgIpc) is 2.66. The highest BCUT2D eigenvalue weighted by molar-refractivity contribution is 5.28. The molecule has 0 radical (unpaired) electrons.